The number of aliphatic hydroxyl groups is 1. The van der Waals surface area contributed by atoms with E-state index in [-0.39, 0.29) is 0 Å². The van der Waals surface area contributed by atoms with E-state index in [1.165, 1.54) is 29.5 Å². The zero-order valence-corrected chi connectivity index (χ0v) is 13.6. The van der Waals surface area contributed by atoms with Gasteiger partial charge in [-0.2, -0.15) is 0 Å². The van der Waals surface area contributed by atoms with Crippen molar-refractivity contribution in [1.82, 2.24) is 10.3 Å². The largest absolute Gasteiger partial charge is 0.374 e. The Labute approximate surface area is 131 Å². The zero-order valence-electron chi connectivity index (χ0n) is 13.6. The van der Waals surface area contributed by atoms with E-state index in [0.29, 0.717) is 6.04 Å². The number of nitrogens with one attached hydrogen (secondary N) is 2. The van der Waals surface area contributed by atoms with E-state index in [0.717, 1.165) is 29.9 Å². The van der Waals surface area contributed by atoms with Crippen LogP contribution in [-0.2, 0) is 0 Å². The first-order valence-corrected chi connectivity index (χ1v) is 8.00. The Kier molecular flexibility index (Phi) is 4.12. The van der Waals surface area contributed by atoms with E-state index in [9.17, 15) is 5.11 Å². The van der Waals surface area contributed by atoms with Gasteiger partial charge >= 0.3 is 0 Å². The maximum atomic E-state index is 9.84. The third-order valence-corrected chi connectivity index (χ3v) is 4.95. The molecule has 2 atom stereocenters. The van der Waals surface area contributed by atoms with Crippen LogP contribution in [-0.4, -0.2) is 36.3 Å². The number of aryl methyl sites for hydroxylation is 2. The van der Waals surface area contributed by atoms with Crippen molar-refractivity contribution in [2.45, 2.75) is 39.0 Å². The van der Waals surface area contributed by atoms with Gasteiger partial charge in [-0.1, -0.05) is 6.07 Å². The minimum absolute atomic E-state index is 0.531. The Morgan fingerprint density at radius 2 is 2.18 bits per heavy atom. The first-order chi connectivity index (χ1) is 10.5. The summed E-state index contributed by atoms with van der Waals surface area (Å²) in [6, 6.07) is 4.58. The van der Waals surface area contributed by atoms with Gasteiger partial charge in [-0.3, -0.25) is 0 Å². The number of aromatic amines is 1. The number of aliphatic hydroxyl groups excluding tert-OH is 1. The average molecular weight is 302 g/mol. The maximum Gasteiger partial charge on any atom is 0.130 e. The molecule has 0 aliphatic carbocycles. The van der Waals surface area contributed by atoms with Crippen molar-refractivity contribution in [1.29, 1.82) is 0 Å². The Hall–Kier alpha value is -1.56. The van der Waals surface area contributed by atoms with Crippen LogP contribution >= 0.6 is 0 Å². The fourth-order valence-electron chi connectivity index (χ4n) is 3.53. The Morgan fingerprint density at radius 3 is 2.86 bits per heavy atom. The number of hydrogen-bond acceptors (Lipinski definition) is 4. The van der Waals surface area contributed by atoms with Crippen molar-refractivity contribution in [3.63, 3.8) is 0 Å². The summed E-state index contributed by atoms with van der Waals surface area (Å²) in [5.41, 5.74) is 11.1. The molecule has 1 aromatic heterocycles. The second kappa shape index (κ2) is 5.91. The molecular formula is C17H26N4O. The van der Waals surface area contributed by atoms with Gasteiger partial charge in [-0.25, -0.2) is 0 Å². The van der Waals surface area contributed by atoms with Crippen LogP contribution in [0, 0.1) is 13.8 Å². The van der Waals surface area contributed by atoms with E-state index in [1.807, 2.05) is 13.1 Å². The standard InChI is InChI=1S/C17H26N4O/c1-10-11(2)20-16-13(17(18)22)6-7-14(15(10)16)21-8-4-5-12(9-21)19-3/h6-7,12,17,19-20,22H,4-5,8-9,18H2,1-3H3. The first kappa shape index (κ1) is 15.3. The number of nitrogens with two attached hydrogens (primary N) is 1. The smallest absolute Gasteiger partial charge is 0.130 e. The lowest BCUT2D eigenvalue weighted by Crippen LogP contribution is -2.44. The number of H-pyrrole nitrogens is 1. The maximum absolute atomic E-state index is 9.84. The highest BCUT2D eigenvalue weighted by Gasteiger charge is 2.23. The molecule has 1 aromatic carbocycles. The number of fused-ring (bicyclic) bond motifs is 1. The second-order valence-electron chi connectivity index (χ2n) is 6.32. The van der Waals surface area contributed by atoms with E-state index in [1.54, 1.807) is 0 Å². The van der Waals surface area contributed by atoms with Crippen LogP contribution in [0.3, 0.4) is 0 Å². The first-order valence-electron chi connectivity index (χ1n) is 8.00. The number of anilines is 1. The summed E-state index contributed by atoms with van der Waals surface area (Å²) in [4.78, 5) is 5.84. The van der Waals surface area contributed by atoms with Crippen LogP contribution < -0.4 is 16.0 Å². The number of piperidine rings is 1. The van der Waals surface area contributed by atoms with Crippen molar-refractivity contribution in [3.8, 4) is 0 Å². The Morgan fingerprint density at radius 1 is 1.41 bits per heavy atom. The molecule has 120 valence electrons. The number of nitrogens with zero attached hydrogens (tertiary/aromatic N) is 1. The SMILES string of the molecule is CNC1CCCN(c2ccc(C(N)O)c3[nH]c(C)c(C)c23)C1. The van der Waals surface area contributed by atoms with Crippen LogP contribution in [0.5, 0.6) is 0 Å². The molecule has 5 N–H and O–H groups in total. The molecule has 2 aromatic rings. The third kappa shape index (κ3) is 2.49. The van der Waals surface area contributed by atoms with Crippen LogP contribution in [0.1, 0.15) is 35.9 Å². The summed E-state index contributed by atoms with van der Waals surface area (Å²) in [6.45, 7) is 6.28. The monoisotopic (exact) mass is 302 g/mol. The van der Waals surface area contributed by atoms with Crippen molar-refractivity contribution in [2.75, 3.05) is 25.0 Å². The molecule has 5 nitrogen and oxygen atoms in total. The summed E-state index contributed by atoms with van der Waals surface area (Å²) in [7, 11) is 2.03. The highest BCUT2D eigenvalue weighted by molar-refractivity contribution is 5.98. The molecule has 3 rings (SSSR count). The molecule has 5 heteroatoms. The van der Waals surface area contributed by atoms with Crippen LogP contribution in [0.25, 0.3) is 10.9 Å². The summed E-state index contributed by atoms with van der Waals surface area (Å²) >= 11 is 0. The van der Waals surface area contributed by atoms with E-state index in [4.69, 9.17) is 5.73 Å². The van der Waals surface area contributed by atoms with Gasteiger partial charge in [0.2, 0.25) is 0 Å². The molecule has 22 heavy (non-hydrogen) atoms. The topological polar surface area (TPSA) is 77.3 Å². The number of rotatable bonds is 3. The van der Waals surface area contributed by atoms with Crippen molar-refractivity contribution < 1.29 is 5.11 Å². The lowest BCUT2D eigenvalue weighted by Gasteiger charge is -2.35. The predicted octanol–water partition coefficient (Wildman–Crippen LogP) is 1.92. The van der Waals surface area contributed by atoms with Gasteiger partial charge in [0.25, 0.3) is 0 Å². The van der Waals surface area contributed by atoms with Gasteiger partial charge < -0.3 is 26.0 Å². The van der Waals surface area contributed by atoms with Crippen LogP contribution in [0.15, 0.2) is 12.1 Å². The fourth-order valence-corrected chi connectivity index (χ4v) is 3.53. The quantitative estimate of drug-likeness (QED) is 0.653. The highest BCUT2D eigenvalue weighted by atomic mass is 16.3. The zero-order chi connectivity index (χ0) is 15.9. The van der Waals surface area contributed by atoms with E-state index in [2.05, 4.69) is 35.1 Å². The van der Waals surface area contributed by atoms with Gasteiger partial charge in [0.1, 0.15) is 6.23 Å². The second-order valence-corrected chi connectivity index (χ2v) is 6.32. The minimum atomic E-state index is -0.958. The predicted molar refractivity (Wildman–Crippen MR) is 91.2 cm³/mol. The molecule has 0 amide bonds. The number of benzene rings is 1. The van der Waals surface area contributed by atoms with Gasteiger partial charge in [-0.05, 0) is 45.4 Å². The van der Waals surface area contributed by atoms with Gasteiger partial charge in [0, 0.05) is 41.5 Å². The highest BCUT2D eigenvalue weighted by Crippen LogP contribution is 2.36. The molecule has 1 aliphatic heterocycles. The lowest BCUT2D eigenvalue weighted by atomic mass is 10.0. The molecule has 0 bridgehead atoms. The van der Waals surface area contributed by atoms with Crippen molar-refractivity contribution >= 4 is 16.6 Å². The molecule has 0 radical (unpaired) electrons. The number of likely N-dealkylation sites (N-methyl/N-ethyl adjacent to an activating group) is 1. The average Bonchev–Trinajstić information content (AvgIpc) is 2.82. The van der Waals surface area contributed by atoms with E-state index >= 15 is 0 Å². The Balaban J connectivity index is 2.12. The van der Waals surface area contributed by atoms with Crippen molar-refractivity contribution in [2.24, 2.45) is 5.73 Å². The summed E-state index contributed by atoms with van der Waals surface area (Å²) in [5.74, 6) is 0. The minimum Gasteiger partial charge on any atom is -0.374 e. The molecular weight excluding hydrogens is 276 g/mol. The number of aromatic nitrogens is 1. The molecule has 1 aliphatic rings. The molecule has 1 saturated heterocycles. The van der Waals surface area contributed by atoms with Gasteiger partial charge in [0.05, 0.1) is 5.52 Å². The van der Waals surface area contributed by atoms with Gasteiger partial charge in [0.15, 0.2) is 0 Å². The third-order valence-electron chi connectivity index (χ3n) is 4.95. The fraction of sp³-hybridized carbons (Fsp3) is 0.529. The molecule has 0 spiro atoms. The Bertz CT molecular complexity index is 677. The lowest BCUT2D eigenvalue weighted by molar-refractivity contribution is 0.187. The van der Waals surface area contributed by atoms with E-state index < -0.39 is 6.23 Å². The summed E-state index contributed by atoms with van der Waals surface area (Å²) < 4.78 is 0. The molecule has 2 unspecified atom stereocenters. The molecule has 1 fully saturated rings. The molecule has 0 saturated carbocycles. The normalized spacial score (nSPS) is 20.6. The van der Waals surface area contributed by atoms with Crippen molar-refractivity contribution in [3.05, 3.63) is 29.0 Å². The van der Waals surface area contributed by atoms with Crippen LogP contribution in [0.4, 0.5) is 5.69 Å². The summed E-state index contributed by atoms with van der Waals surface area (Å²) in [5, 5.41) is 14.4. The van der Waals surface area contributed by atoms with Crippen LogP contribution in [0.2, 0.25) is 0 Å². The number of hydrogen-bond donors (Lipinski definition) is 4. The summed E-state index contributed by atoms with van der Waals surface area (Å²) in [6.07, 6.45) is 1.46. The molecule has 2 heterocycles. The van der Waals surface area contributed by atoms with Gasteiger partial charge in [-0.15, -0.1) is 0 Å².